The average molecular weight is 316 g/mol. The molecule has 0 saturated heterocycles. The summed E-state index contributed by atoms with van der Waals surface area (Å²) >= 11 is 0. The highest BCUT2D eigenvalue weighted by atomic mass is 16.5. The summed E-state index contributed by atoms with van der Waals surface area (Å²) in [6, 6.07) is 8.41. The third-order valence-electron chi connectivity index (χ3n) is 4.33. The van der Waals surface area contributed by atoms with Crippen LogP contribution >= 0.6 is 0 Å². The van der Waals surface area contributed by atoms with E-state index < -0.39 is 0 Å². The Morgan fingerprint density at radius 3 is 2.43 bits per heavy atom. The normalized spacial score (nSPS) is 21.3. The van der Waals surface area contributed by atoms with Crippen LogP contribution < -0.4 is 4.74 Å². The second-order valence-electron chi connectivity index (χ2n) is 6.10. The van der Waals surface area contributed by atoms with Crippen LogP contribution in [0.5, 0.6) is 5.75 Å². The zero-order chi connectivity index (χ0) is 16.5. The Hall–Kier alpha value is -1.77. The van der Waals surface area contributed by atoms with Gasteiger partial charge in [-0.25, -0.2) is 4.79 Å². The molecule has 1 fully saturated rings. The van der Waals surface area contributed by atoms with Crippen LogP contribution in [0.1, 0.15) is 63.9 Å². The Morgan fingerprint density at radius 2 is 1.83 bits per heavy atom. The summed E-state index contributed by atoms with van der Waals surface area (Å²) in [4.78, 5) is 11.7. The minimum atomic E-state index is -0.192. The predicted molar refractivity (Wildman–Crippen MR) is 92.7 cm³/mol. The number of ether oxygens (including phenoxy) is 2. The van der Waals surface area contributed by atoms with E-state index in [2.05, 4.69) is 19.1 Å². The fraction of sp³-hybridized carbons (Fsp3) is 0.550. The number of carbonyl (C=O) groups is 1. The van der Waals surface area contributed by atoms with E-state index in [1.807, 2.05) is 25.1 Å². The van der Waals surface area contributed by atoms with Crippen LogP contribution in [0.25, 0.3) is 0 Å². The summed E-state index contributed by atoms with van der Waals surface area (Å²) in [5.41, 5.74) is 1.36. The van der Waals surface area contributed by atoms with Gasteiger partial charge in [0.2, 0.25) is 0 Å². The van der Waals surface area contributed by atoms with Gasteiger partial charge in [-0.1, -0.05) is 31.6 Å². The molecule has 0 amide bonds. The quantitative estimate of drug-likeness (QED) is 0.524. The van der Waals surface area contributed by atoms with E-state index in [1.54, 1.807) is 6.08 Å². The van der Waals surface area contributed by atoms with Crippen molar-refractivity contribution in [3.05, 3.63) is 42.0 Å². The molecule has 1 aromatic carbocycles. The second-order valence-corrected chi connectivity index (χ2v) is 6.10. The highest BCUT2D eigenvalue weighted by molar-refractivity contribution is 5.82. The molecule has 2 rings (SSSR count). The summed E-state index contributed by atoms with van der Waals surface area (Å²) in [6.45, 7) is 4.79. The number of unbranched alkanes of at least 4 members (excludes halogenated alkanes) is 1. The number of allylic oxidation sites excluding steroid dienone is 1. The minimum Gasteiger partial charge on any atom is -0.494 e. The first-order chi connectivity index (χ1) is 11.2. The molecule has 23 heavy (non-hydrogen) atoms. The molecule has 0 aromatic heterocycles. The smallest absolute Gasteiger partial charge is 0.330 e. The fourth-order valence-corrected chi connectivity index (χ4v) is 3.07. The number of carbonyl (C=O) groups excluding carboxylic acids is 1. The third-order valence-corrected chi connectivity index (χ3v) is 4.33. The van der Waals surface area contributed by atoms with Gasteiger partial charge in [0, 0.05) is 6.08 Å². The number of esters is 1. The van der Waals surface area contributed by atoms with Crippen molar-refractivity contribution in [1.82, 2.24) is 0 Å². The Bertz CT molecular complexity index is 496. The van der Waals surface area contributed by atoms with E-state index in [-0.39, 0.29) is 12.1 Å². The molecule has 1 aliphatic carbocycles. The number of rotatable bonds is 7. The van der Waals surface area contributed by atoms with Crippen molar-refractivity contribution in [3.63, 3.8) is 0 Å². The highest BCUT2D eigenvalue weighted by Gasteiger charge is 2.24. The highest BCUT2D eigenvalue weighted by Crippen LogP contribution is 2.34. The molecule has 0 radical (unpaired) electrons. The molecular formula is C20H28O3. The molecule has 0 aliphatic heterocycles. The van der Waals surface area contributed by atoms with E-state index >= 15 is 0 Å². The van der Waals surface area contributed by atoms with E-state index in [4.69, 9.17) is 9.47 Å². The maximum atomic E-state index is 11.7. The Morgan fingerprint density at radius 1 is 1.13 bits per heavy atom. The maximum Gasteiger partial charge on any atom is 0.330 e. The maximum absolute atomic E-state index is 11.7. The van der Waals surface area contributed by atoms with E-state index in [0.717, 1.165) is 44.3 Å². The minimum absolute atomic E-state index is 0.0766. The Kier molecular flexibility index (Phi) is 7.18. The average Bonchev–Trinajstić information content (AvgIpc) is 2.57. The molecule has 0 spiro atoms. The van der Waals surface area contributed by atoms with Crippen LogP contribution in [0.15, 0.2) is 36.4 Å². The molecular weight excluding hydrogens is 288 g/mol. The predicted octanol–water partition coefficient (Wildman–Crippen LogP) is 5.01. The van der Waals surface area contributed by atoms with Crippen molar-refractivity contribution in [3.8, 4) is 5.75 Å². The van der Waals surface area contributed by atoms with Gasteiger partial charge >= 0.3 is 5.97 Å². The molecule has 3 nitrogen and oxygen atoms in total. The van der Waals surface area contributed by atoms with Crippen molar-refractivity contribution < 1.29 is 14.3 Å². The molecule has 126 valence electrons. The zero-order valence-corrected chi connectivity index (χ0v) is 14.3. The van der Waals surface area contributed by atoms with Gasteiger partial charge in [-0.2, -0.15) is 0 Å². The SMILES string of the molecule is CCCC=CC(=O)OC1CCC(c2ccc(OCC)cc2)CC1. The van der Waals surface area contributed by atoms with Gasteiger partial charge in [-0.3, -0.25) is 0 Å². The summed E-state index contributed by atoms with van der Waals surface area (Å²) in [5.74, 6) is 1.30. The van der Waals surface area contributed by atoms with E-state index in [0.29, 0.717) is 12.5 Å². The third kappa shape index (κ3) is 5.74. The molecule has 0 heterocycles. The lowest BCUT2D eigenvalue weighted by atomic mass is 9.83. The largest absolute Gasteiger partial charge is 0.494 e. The summed E-state index contributed by atoms with van der Waals surface area (Å²) in [6.07, 6.45) is 9.57. The second kappa shape index (κ2) is 9.39. The summed E-state index contributed by atoms with van der Waals surface area (Å²) in [7, 11) is 0. The number of hydrogen-bond donors (Lipinski definition) is 0. The number of benzene rings is 1. The first-order valence-corrected chi connectivity index (χ1v) is 8.82. The molecule has 0 N–H and O–H groups in total. The van der Waals surface area contributed by atoms with Gasteiger partial charge in [0.15, 0.2) is 0 Å². The molecule has 1 aliphatic rings. The Balaban J connectivity index is 1.78. The first kappa shape index (κ1) is 17.6. The van der Waals surface area contributed by atoms with Gasteiger partial charge in [-0.05, 0) is 62.6 Å². The van der Waals surface area contributed by atoms with Gasteiger partial charge in [-0.15, -0.1) is 0 Å². The molecule has 0 unspecified atom stereocenters. The number of hydrogen-bond acceptors (Lipinski definition) is 3. The monoisotopic (exact) mass is 316 g/mol. The van der Waals surface area contributed by atoms with Crippen LogP contribution in [0, 0.1) is 0 Å². The van der Waals surface area contributed by atoms with Crippen molar-refractivity contribution in [2.24, 2.45) is 0 Å². The molecule has 3 heteroatoms. The lowest BCUT2D eigenvalue weighted by Crippen LogP contribution is -2.23. The van der Waals surface area contributed by atoms with E-state index in [9.17, 15) is 4.79 Å². The Labute approximate surface area is 139 Å². The van der Waals surface area contributed by atoms with Crippen molar-refractivity contribution in [2.75, 3.05) is 6.61 Å². The van der Waals surface area contributed by atoms with Crippen molar-refractivity contribution in [2.45, 2.75) is 64.4 Å². The van der Waals surface area contributed by atoms with Crippen LogP contribution in [0.2, 0.25) is 0 Å². The topological polar surface area (TPSA) is 35.5 Å². The standard InChI is InChI=1S/C20H28O3/c1-3-5-6-7-20(21)23-19-14-10-17(11-15-19)16-8-12-18(13-9-16)22-4-2/h6-9,12-13,17,19H,3-5,10-11,14-15H2,1-2H3. The van der Waals surface area contributed by atoms with Crippen LogP contribution in [-0.4, -0.2) is 18.7 Å². The van der Waals surface area contributed by atoms with E-state index in [1.165, 1.54) is 5.56 Å². The summed E-state index contributed by atoms with van der Waals surface area (Å²) < 4.78 is 11.0. The first-order valence-electron chi connectivity index (χ1n) is 8.82. The lowest BCUT2D eigenvalue weighted by molar-refractivity contribution is -0.144. The van der Waals surface area contributed by atoms with Crippen LogP contribution in [0.4, 0.5) is 0 Å². The van der Waals surface area contributed by atoms with Gasteiger partial charge in [0.1, 0.15) is 11.9 Å². The van der Waals surface area contributed by atoms with Crippen LogP contribution in [-0.2, 0) is 9.53 Å². The summed E-state index contributed by atoms with van der Waals surface area (Å²) in [5, 5.41) is 0. The van der Waals surface area contributed by atoms with Gasteiger partial charge < -0.3 is 9.47 Å². The van der Waals surface area contributed by atoms with Crippen LogP contribution in [0.3, 0.4) is 0 Å². The molecule has 0 bridgehead atoms. The fourth-order valence-electron chi connectivity index (χ4n) is 3.07. The van der Waals surface area contributed by atoms with Crippen molar-refractivity contribution in [1.29, 1.82) is 0 Å². The molecule has 0 atom stereocenters. The molecule has 1 saturated carbocycles. The van der Waals surface area contributed by atoms with Gasteiger partial charge in [0.25, 0.3) is 0 Å². The lowest BCUT2D eigenvalue weighted by Gasteiger charge is -2.28. The van der Waals surface area contributed by atoms with Crippen molar-refractivity contribution >= 4 is 5.97 Å². The molecule has 1 aromatic rings. The van der Waals surface area contributed by atoms with Gasteiger partial charge in [0.05, 0.1) is 6.61 Å². The zero-order valence-electron chi connectivity index (χ0n) is 14.3.